The zero-order valence-electron chi connectivity index (χ0n) is 11.9. The molecule has 2 unspecified atom stereocenters. The lowest BCUT2D eigenvalue weighted by Crippen LogP contribution is -2.27. The Morgan fingerprint density at radius 3 is 2.80 bits per heavy atom. The molecule has 1 aliphatic rings. The average molecular weight is 312 g/mol. The summed E-state index contributed by atoms with van der Waals surface area (Å²) >= 11 is 11.2. The topological polar surface area (TPSA) is 35.2 Å². The number of ether oxygens (including phenoxy) is 1. The van der Waals surface area contributed by atoms with E-state index < -0.39 is 0 Å². The zero-order chi connectivity index (χ0) is 14.5. The molecule has 0 heterocycles. The number of nitrogens with two attached hydrogens (primary N) is 1. The summed E-state index contributed by atoms with van der Waals surface area (Å²) in [7, 11) is 0. The van der Waals surface area contributed by atoms with Crippen LogP contribution in [0.4, 0.5) is 0 Å². The molecule has 0 saturated heterocycles. The van der Waals surface area contributed by atoms with Crippen LogP contribution in [-0.4, -0.2) is 11.1 Å². The molecule has 1 aliphatic carbocycles. The van der Waals surface area contributed by atoms with E-state index in [1.807, 2.05) is 18.2 Å². The third-order valence-corrected chi connectivity index (χ3v) is 4.74. The second-order valence-corrected chi connectivity index (χ2v) is 6.32. The van der Waals surface area contributed by atoms with Gasteiger partial charge in [-0.2, -0.15) is 0 Å². The van der Waals surface area contributed by atoms with Crippen LogP contribution in [0, 0.1) is 5.92 Å². The van der Waals surface area contributed by atoms with Gasteiger partial charge in [0.15, 0.2) is 0 Å². The van der Waals surface area contributed by atoms with Crippen molar-refractivity contribution < 1.29 is 4.74 Å². The summed E-state index contributed by atoms with van der Waals surface area (Å²) in [5.41, 5.74) is 7.41. The molecule has 0 amide bonds. The Morgan fingerprint density at radius 2 is 2.15 bits per heavy atom. The Kier molecular flexibility index (Phi) is 5.82. The van der Waals surface area contributed by atoms with Gasteiger partial charge in [0.2, 0.25) is 0 Å². The van der Waals surface area contributed by atoms with E-state index in [2.05, 4.69) is 6.92 Å². The average Bonchev–Trinajstić information content (AvgIpc) is 2.46. The second-order valence-electron chi connectivity index (χ2n) is 5.47. The molecule has 2 nitrogen and oxygen atoms in total. The van der Waals surface area contributed by atoms with E-state index in [0.717, 1.165) is 11.1 Å². The van der Waals surface area contributed by atoms with Gasteiger partial charge in [-0.05, 0) is 30.4 Å². The van der Waals surface area contributed by atoms with E-state index >= 15 is 0 Å². The smallest absolute Gasteiger partial charge is 0.104 e. The van der Waals surface area contributed by atoms with Crippen molar-refractivity contribution in [3.05, 3.63) is 34.3 Å². The molecule has 1 fully saturated rings. The van der Waals surface area contributed by atoms with E-state index in [-0.39, 0.29) is 0 Å². The Labute approximate surface area is 131 Å². The van der Waals surface area contributed by atoms with Crippen LogP contribution < -0.4 is 5.73 Å². The fourth-order valence-electron chi connectivity index (χ4n) is 2.87. The first-order valence-electron chi connectivity index (χ1n) is 7.31. The first kappa shape index (κ1) is 15.7. The SMILES string of the molecule is CCC1CCCCC1OCc1ccc(C(N)=S)cc1Cl. The van der Waals surface area contributed by atoms with Crippen LogP contribution in [0.15, 0.2) is 18.2 Å². The van der Waals surface area contributed by atoms with E-state index in [1.54, 1.807) is 0 Å². The van der Waals surface area contributed by atoms with Crippen LogP contribution in [0.25, 0.3) is 0 Å². The van der Waals surface area contributed by atoms with E-state index in [9.17, 15) is 0 Å². The Bertz CT molecular complexity index is 478. The fourth-order valence-corrected chi connectivity index (χ4v) is 3.24. The predicted octanol–water partition coefficient (Wildman–Crippen LogP) is 4.46. The van der Waals surface area contributed by atoms with Gasteiger partial charge in [-0.25, -0.2) is 0 Å². The van der Waals surface area contributed by atoms with Crippen molar-refractivity contribution in [3.63, 3.8) is 0 Å². The number of rotatable bonds is 5. The minimum absolute atomic E-state index is 0.373. The second kappa shape index (κ2) is 7.39. The molecule has 110 valence electrons. The largest absolute Gasteiger partial charge is 0.389 e. The van der Waals surface area contributed by atoms with Crippen LogP contribution in [0.5, 0.6) is 0 Å². The van der Waals surface area contributed by atoms with Gasteiger partial charge < -0.3 is 10.5 Å². The summed E-state index contributed by atoms with van der Waals surface area (Å²) in [5, 5.41) is 0.680. The van der Waals surface area contributed by atoms with Gasteiger partial charge in [0, 0.05) is 10.6 Å². The third kappa shape index (κ3) is 3.94. The molecule has 1 aromatic rings. The molecule has 1 aromatic carbocycles. The highest BCUT2D eigenvalue weighted by molar-refractivity contribution is 7.80. The highest BCUT2D eigenvalue weighted by Gasteiger charge is 2.24. The van der Waals surface area contributed by atoms with E-state index in [0.29, 0.717) is 28.6 Å². The number of hydrogen-bond donors (Lipinski definition) is 1. The number of halogens is 1. The van der Waals surface area contributed by atoms with Crippen LogP contribution in [0.2, 0.25) is 5.02 Å². The molecule has 2 rings (SSSR count). The minimum atomic E-state index is 0.373. The maximum absolute atomic E-state index is 6.27. The van der Waals surface area contributed by atoms with Gasteiger partial charge in [0.05, 0.1) is 12.7 Å². The van der Waals surface area contributed by atoms with Crippen LogP contribution in [0.3, 0.4) is 0 Å². The van der Waals surface area contributed by atoms with Crippen molar-refractivity contribution in [2.24, 2.45) is 11.7 Å². The van der Waals surface area contributed by atoms with Crippen molar-refractivity contribution in [1.82, 2.24) is 0 Å². The van der Waals surface area contributed by atoms with Gasteiger partial charge >= 0.3 is 0 Å². The molecular formula is C16H22ClNOS. The quantitative estimate of drug-likeness (QED) is 0.815. The molecule has 1 saturated carbocycles. The monoisotopic (exact) mass is 311 g/mol. The molecule has 2 N–H and O–H groups in total. The van der Waals surface area contributed by atoms with Crippen LogP contribution in [-0.2, 0) is 11.3 Å². The number of benzene rings is 1. The third-order valence-electron chi connectivity index (χ3n) is 4.15. The van der Waals surface area contributed by atoms with Gasteiger partial charge in [-0.15, -0.1) is 0 Å². The van der Waals surface area contributed by atoms with Crippen molar-refractivity contribution in [2.75, 3.05) is 0 Å². The lowest BCUT2D eigenvalue weighted by Gasteiger charge is -2.30. The Balaban J connectivity index is 1.98. The molecule has 0 aliphatic heterocycles. The molecule has 0 spiro atoms. The molecular weight excluding hydrogens is 290 g/mol. The van der Waals surface area contributed by atoms with Gasteiger partial charge in [-0.3, -0.25) is 0 Å². The maximum atomic E-state index is 6.27. The summed E-state index contributed by atoms with van der Waals surface area (Å²) in [5.74, 6) is 0.693. The summed E-state index contributed by atoms with van der Waals surface area (Å²) in [6.45, 7) is 2.81. The van der Waals surface area contributed by atoms with E-state index in [1.165, 1.54) is 32.1 Å². The molecule has 2 atom stereocenters. The molecule has 0 aromatic heterocycles. The van der Waals surface area contributed by atoms with Gasteiger partial charge in [0.25, 0.3) is 0 Å². The zero-order valence-corrected chi connectivity index (χ0v) is 13.5. The normalized spacial score (nSPS) is 22.7. The molecule has 4 heteroatoms. The van der Waals surface area contributed by atoms with Crippen molar-refractivity contribution in [3.8, 4) is 0 Å². The first-order chi connectivity index (χ1) is 9.61. The highest BCUT2D eigenvalue weighted by atomic mass is 35.5. The fraction of sp³-hybridized carbons (Fsp3) is 0.562. The van der Waals surface area contributed by atoms with Crippen LogP contribution in [0.1, 0.15) is 50.2 Å². The highest BCUT2D eigenvalue weighted by Crippen LogP contribution is 2.30. The number of thiocarbonyl (C=S) groups is 1. The van der Waals surface area contributed by atoms with Crippen molar-refractivity contribution in [1.29, 1.82) is 0 Å². The summed E-state index contributed by atoms with van der Waals surface area (Å²) in [6, 6.07) is 5.69. The minimum Gasteiger partial charge on any atom is -0.389 e. The first-order valence-corrected chi connectivity index (χ1v) is 8.10. The lowest BCUT2D eigenvalue weighted by atomic mass is 9.85. The molecule has 0 bridgehead atoms. The summed E-state index contributed by atoms with van der Waals surface area (Å²) in [6.07, 6.45) is 6.63. The standard InChI is InChI=1S/C16H22ClNOS/c1-2-11-5-3-4-6-15(11)19-10-13-8-7-12(16(18)20)9-14(13)17/h7-9,11,15H,2-6,10H2,1H3,(H2,18,20). The Morgan fingerprint density at radius 1 is 1.40 bits per heavy atom. The molecule has 0 radical (unpaired) electrons. The molecule has 20 heavy (non-hydrogen) atoms. The maximum Gasteiger partial charge on any atom is 0.104 e. The van der Waals surface area contributed by atoms with E-state index in [4.69, 9.17) is 34.3 Å². The number of hydrogen-bond acceptors (Lipinski definition) is 2. The van der Waals surface area contributed by atoms with Crippen molar-refractivity contribution in [2.45, 2.75) is 51.7 Å². The predicted molar refractivity (Wildman–Crippen MR) is 88.2 cm³/mol. The van der Waals surface area contributed by atoms with Crippen molar-refractivity contribution >= 4 is 28.8 Å². The Hall–Kier alpha value is -0.640. The van der Waals surface area contributed by atoms with Crippen LogP contribution >= 0.6 is 23.8 Å². The van der Waals surface area contributed by atoms with Gasteiger partial charge in [-0.1, -0.05) is 62.1 Å². The summed E-state index contributed by atoms with van der Waals surface area (Å²) < 4.78 is 6.11. The lowest BCUT2D eigenvalue weighted by molar-refractivity contribution is -0.0221. The summed E-state index contributed by atoms with van der Waals surface area (Å²) in [4.78, 5) is 0.373. The van der Waals surface area contributed by atoms with Gasteiger partial charge in [0.1, 0.15) is 4.99 Å².